The molecule has 6 nitrogen and oxygen atoms in total. The molecule has 0 saturated heterocycles. The molecule has 0 spiro atoms. The highest BCUT2D eigenvalue weighted by atomic mass is 16.4. The zero-order chi connectivity index (χ0) is 17.6. The molecule has 1 heterocycles. The highest BCUT2D eigenvalue weighted by Crippen LogP contribution is 2.19. The molecule has 6 heteroatoms. The summed E-state index contributed by atoms with van der Waals surface area (Å²) < 4.78 is 5.06. The smallest absolute Gasteiger partial charge is 0.251 e. The predicted molar refractivity (Wildman–Crippen MR) is 92.6 cm³/mol. The number of amides is 2. The molecule has 1 unspecified atom stereocenters. The van der Waals surface area contributed by atoms with E-state index in [2.05, 4.69) is 10.6 Å². The minimum absolute atomic E-state index is 0.0664. The van der Waals surface area contributed by atoms with Gasteiger partial charge in [-0.15, -0.1) is 0 Å². The van der Waals surface area contributed by atoms with E-state index in [1.165, 1.54) is 12.3 Å². The maximum atomic E-state index is 11.9. The summed E-state index contributed by atoms with van der Waals surface area (Å²) >= 11 is 0. The quantitative estimate of drug-likeness (QED) is 0.673. The zero-order valence-electron chi connectivity index (χ0n) is 13.6. The highest BCUT2D eigenvalue weighted by molar-refractivity contribution is 5.95. The molecule has 1 aliphatic rings. The van der Waals surface area contributed by atoms with Gasteiger partial charge in [0.2, 0.25) is 5.91 Å². The van der Waals surface area contributed by atoms with Crippen LogP contribution >= 0.6 is 0 Å². The van der Waals surface area contributed by atoms with Gasteiger partial charge in [-0.3, -0.25) is 9.59 Å². The Morgan fingerprint density at radius 1 is 1.24 bits per heavy atom. The maximum Gasteiger partial charge on any atom is 0.251 e. The molecule has 0 aliphatic heterocycles. The SMILES string of the molecule is O=C(/C=C/c1ccc(C(=O)NC2CC2)cc1)NCC(O)c1ccco1. The first-order valence-electron chi connectivity index (χ1n) is 8.20. The van der Waals surface area contributed by atoms with Crippen molar-refractivity contribution in [2.75, 3.05) is 6.54 Å². The summed E-state index contributed by atoms with van der Waals surface area (Å²) in [4.78, 5) is 23.7. The Kier molecular flexibility index (Phi) is 5.30. The largest absolute Gasteiger partial charge is 0.467 e. The monoisotopic (exact) mass is 340 g/mol. The molecular weight excluding hydrogens is 320 g/mol. The molecule has 1 saturated carbocycles. The molecule has 0 bridgehead atoms. The number of aliphatic hydroxyl groups excluding tert-OH is 1. The second kappa shape index (κ2) is 7.81. The Labute approximate surface area is 145 Å². The predicted octanol–water partition coefficient (Wildman–Crippen LogP) is 2.03. The number of benzene rings is 1. The maximum absolute atomic E-state index is 11.9. The standard InChI is InChI=1S/C19H20N2O4/c22-16(17-2-1-11-25-17)12-20-18(23)10-5-13-3-6-14(7-4-13)19(24)21-15-8-9-15/h1-7,10-11,15-16,22H,8-9,12H2,(H,20,23)(H,21,24)/b10-5+. The van der Waals surface area contributed by atoms with E-state index in [0.717, 1.165) is 18.4 Å². The van der Waals surface area contributed by atoms with Gasteiger partial charge < -0.3 is 20.2 Å². The van der Waals surface area contributed by atoms with E-state index in [1.54, 1.807) is 42.5 Å². The third kappa shape index (κ3) is 5.06. The minimum Gasteiger partial charge on any atom is -0.467 e. The molecule has 3 N–H and O–H groups in total. The van der Waals surface area contributed by atoms with Crippen LogP contribution in [0, 0.1) is 0 Å². The zero-order valence-corrected chi connectivity index (χ0v) is 13.6. The van der Waals surface area contributed by atoms with E-state index >= 15 is 0 Å². The Balaban J connectivity index is 1.47. The van der Waals surface area contributed by atoms with Crippen molar-refractivity contribution in [1.82, 2.24) is 10.6 Å². The van der Waals surface area contributed by atoms with Gasteiger partial charge in [-0.05, 0) is 48.7 Å². The van der Waals surface area contributed by atoms with Crippen molar-refractivity contribution < 1.29 is 19.1 Å². The molecule has 2 amide bonds. The third-order valence-corrected chi connectivity index (χ3v) is 3.85. The summed E-state index contributed by atoms with van der Waals surface area (Å²) in [6.07, 6.45) is 5.73. The molecular formula is C19H20N2O4. The van der Waals surface area contributed by atoms with E-state index in [0.29, 0.717) is 17.4 Å². The van der Waals surface area contributed by atoms with Gasteiger partial charge in [0.05, 0.1) is 12.8 Å². The van der Waals surface area contributed by atoms with E-state index in [-0.39, 0.29) is 18.4 Å². The summed E-state index contributed by atoms with van der Waals surface area (Å²) in [5, 5.41) is 15.3. The van der Waals surface area contributed by atoms with Gasteiger partial charge in [-0.2, -0.15) is 0 Å². The second-order valence-electron chi connectivity index (χ2n) is 5.98. The van der Waals surface area contributed by atoms with Gasteiger partial charge in [0, 0.05) is 17.7 Å². The van der Waals surface area contributed by atoms with Crippen molar-refractivity contribution in [1.29, 1.82) is 0 Å². The number of rotatable bonds is 7. The average molecular weight is 340 g/mol. The Bertz CT molecular complexity index is 746. The van der Waals surface area contributed by atoms with Gasteiger partial charge in [0.15, 0.2) is 0 Å². The first-order valence-corrected chi connectivity index (χ1v) is 8.20. The van der Waals surface area contributed by atoms with Crippen LogP contribution in [0.5, 0.6) is 0 Å². The lowest BCUT2D eigenvalue weighted by molar-refractivity contribution is -0.116. The van der Waals surface area contributed by atoms with Gasteiger partial charge in [-0.25, -0.2) is 0 Å². The molecule has 1 fully saturated rings. The number of hydrogen-bond acceptors (Lipinski definition) is 4. The van der Waals surface area contributed by atoms with Crippen LogP contribution in [-0.2, 0) is 4.79 Å². The normalized spacial score (nSPS) is 15.1. The number of furan rings is 1. The molecule has 2 aromatic rings. The van der Waals surface area contributed by atoms with Crippen LogP contribution in [0.4, 0.5) is 0 Å². The summed E-state index contributed by atoms with van der Waals surface area (Å²) in [6.45, 7) is 0.0664. The molecule has 1 aromatic heterocycles. The molecule has 1 aliphatic carbocycles. The number of carbonyl (C=O) groups excluding carboxylic acids is 2. The lowest BCUT2D eigenvalue weighted by Crippen LogP contribution is -2.26. The van der Waals surface area contributed by atoms with Crippen molar-refractivity contribution in [2.24, 2.45) is 0 Å². The van der Waals surface area contributed by atoms with Crippen LogP contribution in [0.2, 0.25) is 0 Å². The summed E-state index contributed by atoms with van der Waals surface area (Å²) in [7, 11) is 0. The third-order valence-electron chi connectivity index (χ3n) is 3.85. The summed E-state index contributed by atoms with van der Waals surface area (Å²) in [5.74, 6) is 0.0215. The Morgan fingerprint density at radius 3 is 2.64 bits per heavy atom. The van der Waals surface area contributed by atoms with Crippen LogP contribution in [0.3, 0.4) is 0 Å². The van der Waals surface area contributed by atoms with Gasteiger partial charge in [0.25, 0.3) is 5.91 Å². The van der Waals surface area contributed by atoms with Crippen LogP contribution < -0.4 is 10.6 Å². The van der Waals surface area contributed by atoms with Crippen molar-refractivity contribution in [2.45, 2.75) is 25.0 Å². The fourth-order valence-electron chi connectivity index (χ4n) is 2.25. The van der Waals surface area contributed by atoms with Crippen LogP contribution in [0.25, 0.3) is 6.08 Å². The lowest BCUT2D eigenvalue weighted by atomic mass is 10.1. The molecule has 1 atom stereocenters. The highest BCUT2D eigenvalue weighted by Gasteiger charge is 2.23. The van der Waals surface area contributed by atoms with E-state index in [9.17, 15) is 14.7 Å². The van der Waals surface area contributed by atoms with Crippen LogP contribution in [-0.4, -0.2) is 29.5 Å². The first-order chi connectivity index (χ1) is 12.1. The molecule has 130 valence electrons. The van der Waals surface area contributed by atoms with E-state index < -0.39 is 6.10 Å². The number of carbonyl (C=O) groups is 2. The molecule has 0 radical (unpaired) electrons. The van der Waals surface area contributed by atoms with Crippen LogP contribution in [0.1, 0.15) is 40.6 Å². The molecule has 25 heavy (non-hydrogen) atoms. The summed E-state index contributed by atoms with van der Waals surface area (Å²) in [5.41, 5.74) is 1.42. The van der Waals surface area contributed by atoms with Crippen molar-refractivity contribution in [3.05, 3.63) is 65.6 Å². The minimum atomic E-state index is -0.878. The molecule has 1 aromatic carbocycles. The Morgan fingerprint density at radius 2 is 2.00 bits per heavy atom. The average Bonchev–Trinajstić information content (AvgIpc) is 3.26. The summed E-state index contributed by atoms with van der Waals surface area (Å²) in [6, 6.07) is 10.7. The topological polar surface area (TPSA) is 91.6 Å². The van der Waals surface area contributed by atoms with Crippen molar-refractivity contribution >= 4 is 17.9 Å². The Hall–Kier alpha value is -2.86. The van der Waals surface area contributed by atoms with Crippen molar-refractivity contribution in [3.8, 4) is 0 Å². The van der Waals surface area contributed by atoms with Gasteiger partial charge in [0.1, 0.15) is 11.9 Å². The van der Waals surface area contributed by atoms with E-state index in [1.807, 2.05) is 0 Å². The first kappa shape index (κ1) is 17.0. The fraction of sp³-hybridized carbons (Fsp3) is 0.263. The molecule has 3 rings (SSSR count). The van der Waals surface area contributed by atoms with Gasteiger partial charge in [-0.1, -0.05) is 12.1 Å². The van der Waals surface area contributed by atoms with E-state index in [4.69, 9.17) is 4.42 Å². The van der Waals surface area contributed by atoms with Gasteiger partial charge >= 0.3 is 0 Å². The number of hydrogen-bond donors (Lipinski definition) is 3. The van der Waals surface area contributed by atoms with Crippen LogP contribution in [0.15, 0.2) is 53.2 Å². The fourth-order valence-corrected chi connectivity index (χ4v) is 2.25. The number of nitrogens with one attached hydrogen (secondary N) is 2. The second-order valence-corrected chi connectivity index (χ2v) is 5.98. The van der Waals surface area contributed by atoms with Crippen molar-refractivity contribution in [3.63, 3.8) is 0 Å². The number of aliphatic hydroxyl groups is 1. The lowest BCUT2D eigenvalue weighted by Gasteiger charge is -2.07.